The summed E-state index contributed by atoms with van der Waals surface area (Å²) in [6.07, 6.45) is 4.19. The Bertz CT molecular complexity index is 155. The fourth-order valence-corrected chi connectivity index (χ4v) is 1.52. The number of methoxy groups -OCH3 is 1. The van der Waals surface area contributed by atoms with E-state index in [2.05, 4.69) is 11.6 Å². The van der Waals surface area contributed by atoms with E-state index in [1.165, 1.54) is 7.11 Å². The first-order chi connectivity index (χ1) is 6.72. The molecule has 0 spiro atoms. The van der Waals surface area contributed by atoms with Crippen LogP contribution in [0.25, 0.3) is 0 Å². The maximum absolute atomic E-state index is 10.7. The summed E-state index contributed by atoms with van der Waals surface area (Å²) in [5.41, 5.74) is 0. The molecule has 0 heterocycles. The summed E-state index contributed by atoms with van der Waals surface area (Å²) in [6.45, 7) is 0.957. The predicted molar refractivity (Wildman–Crippen MR) is 58.9 cm³/mol. The van der Waals surface area contributed by atoms with Gasteiger partial charge in [-0.1, -0.05) is 0 Å². The van der Waals surface area contributed by atoms with Crippen LogP contribution in [0.15, 0.2) is 0 Å². The number of thioether (sulfide) groups is 1. The lowest BCUT2D eigenvalue weighted by Gasteiger charge is -2.12. The zero-order chi connectivity index (χ0) is 10.8. The second-order valence-electron chi connectivity index (χ2n) is 3.00. The molecule has 0 aliphatic carbocycles. The van der Waals surface area contributed by atoms with Gasteiger partial charge >= 0.3 is 5.97 Å². The third-order valence-corrected chi connectivity index (χ3v) is 2.49. The van der Waals surface area contributed by atoms with Crippen molar-refractivity contribution in [2.75, 3.05) is 32.3 Å². The standard InChI is InChI=1S/C9H19NO3S/c1-13-7-8(9(11)12)10-5-3-4-6-14-2/h8,10H,3-7H2,1-2H3,(H,11,12). The third kappa shape index (κ3) is 7.17. The van der Waals surface area contributed by atoms with Gasteiger partial charge in [0.25, 0.3) is 0 Å². The summed E-state index contributed by atoms with van der Waals surface area (Å²) >= 11 is 1.81. The number of carboxylic acid groups (broad SMARTS) is 1. The van der Waals surface area contributed by atoms with Gasteiger partial charge in [0.05, 0.1) is 6.61 Å². The minimum atomic E-state index is -0.850. The highest BCUT2D eigenvalue weighted by molar-refractivity contribution is 7.98. The van der Waals surface area contributed by atoms with Crippen molar-refractivity contribution in [1.82, 2.24) is 5.32 Å². The first-order valence-corrected chi connectivity index (χ1v) is 6.05. The molecule has 0 aromatic rings. The molecular formula is C9H19NO3S. The van der Waals surface area contributed by atoms with Crippen molar-refractivity contribution in [3.05, 3.63) is 0 Å². The van der Waals surface area contributed by atoms with Crippen LogP contribution in [0.4, 0.5) is 0 Å². The average Bonchev–Trinajstić information content (AvgIpc) is 2.15. The molecule has 0 saturated carbocycles. The number of carbonyl (C=O) groups is 1. The Hall–Kier alpha value is -0.260. The van der Waals surface area contributed by atoms with E-state index in [1.54, 1.807) is 0 Å². The van der Waals surface area contributed by atoms with Crippen LogP contribution in [0.3, 0.4) is 0 Å². The number of rotatable bonds is 9. The summed E-state index contributed by atoms with van der Waals surface area (Å²) in [5.74, 6) is 0.278. The number of ether oxygens (including phenoxy) is 1. The van der Waals surface area contributed by atoms with E-state index in [4.69, 9.17) is 9.84 Å². The van der Waals surface area contributed by atoms with Crippen LogP contribution in [0, 0.1) is 0 Å². The normalized spacial score (nSPS) is 12.7. The van der Waals surface area contributed by atoms with Gasteiger partial charge in [0.2, 0.25) is 0 Å². The number of unbranched alkanes of at least 4 members (excludes halogenated alkanes) is 1. The maximum Gasteiger partial charge on any atom is 0.323 e. The van der Waals surface area contributed by atoms with E-state index < -0.39 is 12.0 Å². The summed E-state index contributed by atoms with van der Waals surface area (Å²) in [5, 5.41) is 11.7. The molecule has 0 bridgehead atoms. The molecule has 2 N–H and O–H groups in total. The SMILES string of the molecule is COCC(NCCCCSC)C(=O)O. The van der Waals surface area contributed by atoms with Crippen LogP contribution in [0.2, 0.25) is 0 Å². The second kappa shape index (κ2) is 9.30. The highest BCUT2D eigenvalue weighted by Gasteiger charge is 2.15. The molecule has 4 nitrogen and oxygen atoms in total. The smallest absolute Gasteiger partial charge is 0.323 e. The van der Waals surface area contributed by atoms with Crippen LogP contribution < -0.4 is 5.32 Å². The van der Waals surface area contributed by atoms with Crippen molar-refractivity contribution < 1.29 is 14.6 Å². The van der Waals surface area contributed by atoms with E-state index in [1.807, 2.05) is 11.8 Å². The zero-order valence-corrected chi connectivity index (χ0v) is 9.60. The Morgan fingerprint density at radius 3 is 2.79 bits per heavy atom. The van der Waals surface area contributed by atoms with Gasteiger partial charge in [0.1, 0.15) is 6.04 Å². The number of hydrogen-bond donors (Lipinski definition) is 2. The number of aliphatic carboxylic acids is 1. The first kappa shape index (κ1) is 13.7. The van der Waals surface area contributed by atoms with E-state index in [-0.39, 0.29) is 6.61 Å². The summed E-state index contributed by atoms with van der Waals surface area (Å²) in [4.78, 5) is 10.7. The Kier molecular flexibility index (Phi) is 9.13. The molecule has 0 radical (unpaired) electrons. The van der Waals surface area contributed by atoms with E-state index in [0.717, 1.165) is 25.1 Å². The molecule has 0 aliphatic heterocycles. The minimum absolute atomic E-state index is 0.220. The molecule has 0 saturated heterocycles. The lowest BCUT2D eigenvalue weighted by atomic mass is 10.3. The van der Waals surface area contributed by atoms with Gasteiger partial charge in [-0.3, -0.25) is 4.79 Å². The van der Waals surface area contributed by atoms with Crippen LogP contribution in [0.1, 0.15) is 12.8 Å². The molecule has 0 rings (SSSR count). The van der Waals surface area contributed by atoms with Crippen molar-refractivity contribution in [2.24, 2.45) is 0 Å². The molecule has 0 aliphatic rings. The average molecular weight is 221 g/mol. The van der Waals surface area contributed by atoms with E-state index >= 15 is 0 Å². The van der Waals surface area contributed by atoms with E-state index in [0.29, 0.717) is 0 Å². The number of nitrogens with one attached hydrogen (secondary N) is 1. The fourth-order valence-electron chi connectivity index (χ4n) is 1.03. The van der Waals surface area contributed by atoms with Gasteiger partial charge in [-0.25, -0.2) is 0 Å². The highest BCUT2D eigenvalue weighted by Crippen LogP contribution is 1.98. The summed E-state index contributed by atoms with van der Waals surface area (Å²) in [7, 11) is 1.51. The molecule has 1 atom stereocenters. The zero-order valence-electron chi connectivity index (χ0n) is 8.78. The Labute approximate surface area is 89.4 Å². The van der Waals surface area contributed by atoms with Crippen molar-refractivity contribution in [1.29, 1.82) is 0 Å². The van der Waals surface area contributed by atoms with Crippen molar-refractivity contribution >= 4 is 17.7 Å². The fraction of sp³-hybridized carbons (Fsp3) is 0.889. The highest BCUT2D eigenvalue weighted by atomic mass is 32.2. The largest absolute Gasteiger partial charge is 0.480 e. The molecule has 5 heteroatoms. The van der Waals surface area contributed by atoms with E-state index in [9.17, 15) is 4.79 Å². The molecule has 84 valence electrons. The maximum atomic E-state index is 10.7. The van der Waals surface area contributed by atoms with Crippen molar-refractivity contribution in [3.63, 3.8) is 0 Å². The van der Waals surface area contributed by atoms with Gasteiger partial charge < -0.3 is 15.2 Å². The monoisotopic (exact) mass is 221 g/mol. The van der Waals surface area contributed by atoms with Crippen LogP contribution in [-0.4, -0.2) is 49.4 Å². The molecular weight excluding hydrogens is 202 g/mol. The predicted octanol–water partition coefficient (Wildman–Crippen LogP) is 0.819. The lowest BCUT2D eigenvalue weighted by Crippen LogP contribution is -2.40. The molecule has 14 heavy (non-hydrogen) atoms. The van der Waals surface area contributed by atoms with Crippen molar-refractivity contribution in [2.45, 2.75) is 18.9 Å². The summed E-state index contributed by atoms with van der Waals surface area (Å²) in [6, 6.07) is -0.575. The van der Waals surface area contributed by atoms with Gasteiger partial charge in [-0.2, -0.15) is 11.8 Å². The van der Waals surface area contributed by atoms with Gasteiger partial charge in [-0.15, -0.1) is 0 Å². The van der Waals surface area contributed by atoms with Crippen molar-refractivity contribution in [3.8, 4) is 0 Å². The Balaban J connectivity index is 3.46. The third-order valence-electron chi connectivity index (χ3n) is 1.80. The molecule has 0 amide bonds. The second-order valence-corrected chi connectivity index (χ2v) is 3.99. The van der Waals surface area contributed by atoms with Gasteiger partial charge in [0.15, 0.2) is 0 Å². The quantitative estimate of drug-likeness (QED) is 0.564. The Morgan fingerprint density at radius 1 is 1.57 bits per heavy atom. The molecule has 0 aromatic carbocycles. The minimum Gasteiger partial charge on any atom is -0.480 e. The van der Waals surface area contributed by atoms with Crippen LogP contribution >= 0.6 is 11.8 Å². The summed E-state index contributed by atoms with van der Waals surface area (Å²) < 4.78 is 4.80. The first-order valence-electron chi connectivity index (χ1n) is 4.66. The Morgan fingerprint density at radius 2 is 2.29 bits per heavy atom. The van der Waals surface area contributed by atoms with Crippen LogP contribution in [-0.2, 0) is 9.53 Å². The molecule has 0 fully saturated rings. The number of hydrogen-bond acceptors (Lipinski definition) is 4. The van der Waals surface area contributed by atoms with Gasteiger partial charge in [-0.05, 0) is 31.4 Å². The molecule has 1 unspecified atom stereocenters. The topological polar surface area (TPSA) is 58.6 Å². The van der Waals surface area contributed by atoms with Crippen LogP contribution in [0.5, 0.6) is 0 Å². The number of carboxylic acids is 1. The molecule has 0 aromatic heterocycles. The lowest BCUT2D eigenvalue weighted by molar-refractivity contribution is -0.140. The van der Waals surface area contributed by atoms with Gasteiger partial charge in [0, 0.05) is 7.11 Å².